The predicted molar refractivity (Wildman–Crippen MR) is 503 cm³/mol. The van der Waals surface area contributed by atoms with Crippen molar-refractivity contribution in [1.29, 1.82) is 0 Å². The van der Waals surface area contributed by atoms with E-state index < -0.39 is 159 Å². The zero-order valence-electron chi connectivity index (χ0n) is 83.8. The molecule has 12 aliphatic rings. The van der Waals surface area contributed by atoms with Crippen LogP contribution in [0.2, 0.25) is 18.1 Å². The first-order valence-corrected chi connectivity index (χ1v) is 53.4. The lowest BCUT2D eigenvalue weighted by atomic mass is 9.33. The van der Waals surface area contributed by atoms with E-state index in [-0.39, 0.29) is 114 Å². The van der Waals surface area contributed by atoms with Gasteiger partial charge in [-0.05, 0) is 190 Å². The van der Waals surface area contributed by atoms with Gasteiger partial charge in [-0.25, -0.2) is 0 Å². The molecule has 11 fully saturated rings. The van der Waals surface area contributed by atoms with Crippen molar-refractivity contribution < 1.29 is 104 Å². The van der Waals surface area contributed by atoms with E-state index in [1.807, 2.05) is 101 Å². The number of nitrogens with two attached hydrogens (primary N) is 1. The van der Waals surface area contributed by atoms with E-state index in [1.165, 1.54) is 11.9 Å². The predicted octanol–water partition coefficient (Wildman–Crippen LogP) is 18.0. The number of aldehydes is 1. The van der Waals surface area contributed by atoms with Gasteiger partial charge in [-0.15, -0.1) is 0 Å². The standard InChI is InChI=1S/C107H164N2O22Si/c1-24-77-64(7)65(8)89(131-132(25-2,26-3)27-4)97(121-77)128-92-87(125-94-66(9)63(6)62(5)55-118-94)68(11)85(70(13)111)124-98(92)123-82-46-47-103(19)80(104(82,20)61-110)45-48-105(21)81(103)44-43-75-76-53-101(15,16)49-50-107(76,83(113-23)54-106(75,105)22)100(112)109-51-52-115-96-88(67(10)84(108)78(122-96)59-114-56-72-37-31-28-32-38-72)126-99-93-91(129-102(17,18)130-93)90(71(14)120-99)127-95-69(12)86(117-58-74-41-35-30-36-42-74)79(60-119-95)116-57-73-39-33-29-34-40-73/h28-43,61-69,71,76-99H,24-27,44-60,108H2,1-23H3,(H,109,112)/t62-,63-,64-,65+,66?,67?,68-,69?,71?,76?,77?,78?,79-,80-,81?,82+,83+,84-,85?,86?,87+,88?,89?,90+,91?,92?,93?,94+,95+,96-,97+,98-,99+,103?,104-,105?,106-,107-/m1/s1. The van der Waals surface area contributed by atoms with Crippen LogP contribution in [0.3, 0.4) is 0 Å². The number of fused-ring (bicyclic) bond motifs is 8. The minimum atomic E-state index is -2.26. The number of carbonyl (C=O) groups is 3. The average Bonchev–Trinajstić information content (AvgIpc) is 0.717. The summed E-state index contributed by atoms with van der Waals surface area (Å²) in [5.74, 6) is -1.53. The molecule has 132 heavy (non-hydrogen) atoms. The van der Waals surface area contributed by atoms with Gasteiger partial charge in [-0.1, -0.05) is 227 Å². The monoisotopic (exact) mass is 1860 g/mol. The summed E-state index contributed by atoms with van der Waals surface area (Å²) >= 11 is 0. The summed E-state index contributed by atoms with van der Waals surface area (Å²) in [6.45, 7) is 50.3. The van der Waals surface area contributed by atoms with Crippen molar-refractivity contribution in [2.75, 3.05) is 40.1 Å². The van der Waals surface area contributed by atoms with Crippen LogP contribution in [0.1, 0.15) is 233 Å². The average molecular weight is 1860 g/mol. The van der Waals surface area contributed by atoms with Gasteiger partial charge in [0.2, 0.25) is 5.91 Å². The van der Waals surface area contributed by atoms with Gasteiger partial charge in [-0.3, -0.25) is 9.59 Å². The van der Waals surface area contributed by atoms with Crippen molar-refractivity contribution in [3.63, 3.8) is 0 Å². The van der Waals surface area contributed by atoms with Gasteiger partial charge in [-0.2, -0.15) is 0 Å². The molecule has 1 amide bonds. The highest BCUT2D eigenvalue weighted by atomic mass is 28.4. The largest absolute Gasteiger partial charge is 0.408 e. The molecule has 3 aromatic carbocycles. The van der Waals surface area contributed by atoms with Crippen LogP contribution in [0.25, 0.3) is 0 Å². The van der Waals surface area contributed by atoms with Crippen LogP contribution in [-0.4, -0.2) is 208 Å². The molecule has 38 atom stereocenters. The van der Waals surface area contributed by atoms with Crippen LogP contribution in [0.15, 0.2) is 103 Å². The molecule has 0 spiro atoms. The maximum Gasteiger partial charge on any atom is 0.229 e. The fourth-order valence-corrected chi connectivity index (χ4v) is 29.7. The molecule has 7 saturated heterocycles. The molecule has 7 aliphatic heterocycles. The van der Waals surface area contributed by atoms with Gasteiger partial charge >= 0.3 is 0 Å². The van der Waals surface area contributed by atoms with Gasteiger partial charge < -0.3 is 106 Å². The number of Topliss-reactive ketones (excluding diaryl/α,β-unsaturated/α-hetero) is 1. The molecule has 4 saturated carbocycles. The summed E-state index contributed by atoms with van der Waals surface area (Å²) in [5.41, 5.74) is 8.75. The molecule has 0 radical (unpaired) electrons. The Morgan fingerprint density at radius 1 is 0.545 bits per heavy atom. The van der Waals surface area contributed by atoms with Crippen LogP contribution in [-0.2, 0) is 124 Å². The van der Waals surface area contributed by atoms with Gasteiger partial charge in [0.1, 0.15) is 49.0 Å². The maximum absolute atomic E-state index is 16.2. The Morgan fingerprint density at radius 2 is 1.15 bits per heavy atom. The molecule has 0 bridgehead atoms. The first-order chi connectivity index (χ1) is 62.9. The second kappa shape index (κ2) is 41.8. The number of ether oxygens (including phenoxy) is 18. The summed E-state index contributed by atoms with van der Waals surface area (Å²) in [5, 5.41) is 3.50. The maximum atomic E-state index is 16.2. The number of nitrogens with one attached hydrogen (secondary N) is 1. The van der Waals surface area contributed by atoms with E-state index in [0.29, 0.717) is 57.5 Å². The number of benzene rings is 3. The van der Waals surface area contributed by atoms with E-state index >= 15 is 4.79 Å². The SMILES string of the molecule is CCC1O[C@@H](OC2[C@H](O[C@H]3CCC4(C)C5CC=C6C7CC(C)(C)CC[C@]7(C(=O)NCCO[C@@H]7OC(COCc8ccccc8)[C@H](N)C(C)C7O[C@@H]7OC(C)[C@H](O[C@@H]8OC[C@@H](OCc9ccccc9)C(OCc9ccccc9)C8C)C8OC(C)(C)OC87)[C@@H](OC)C[C@@]6(C)C5(C)CC[C@H]4[C@@]3(C)C=O)OC(C(C)=O)[C@@H](C)[C@@H]2O[C@@H]2OC[C@@H](C)[C@@H](C)C2C)C(O[Si](CC)(CC)CC)[C@@H](C)[C@H]1C. The highest BCUT2D eigenvalue weighted by Crippen LogP contribution is 2.76. The zero-order valence-corrected chi connectivity index (χ0v) is 84.8. The van der Waals surface area contributed by atoms with E-state index in [1.54, 1.807) is 14.0 Å². The summed E-state index contributed by atoms with van der Waals surface area (Å²) < 4.78 is 133. The number of methoxy groups -OCH3 is 1. The van der Waals surface area contributed by atoms with E-state index in [9.17, 15) is 9.59 Å². The zero-order chi connectivity index (χ0) is 94.5. The summed E-state index contributed by atoms with van der Waals surface area (Å²) in [4.78, 5) is 45.4. The molecule has 7 heterocycles. The highest BCUT2D eigenvalue weighted by molar-refractivity contribution is 6.73. The normalized spacial score (nSPS) is 44.2. The number of ketones is 1. The van der Waals surface area contributed by atoms with Crippen LogP contribution in [0, 0.1) is 97.6 Å². The molecule has 5 aliphatic carbocycles. The molecule has 15 rings (SSSR count). The molecular formula is C107H164N2O22Si. The Kier molecular flexibility index (Phi) is 32.3. The second-order valence-corrected chi connectivity index (χ2v) is 49.3. The fourth-order valence-electron chi connectivity index (χ4n) is 26.8. The van der Waals surface area contributed by atoms with Gasteiger partial charge in [0.25, 0.3) is 0 Å². The Bertz CT molecular complexity index is 4290. The van der Waals surface area contributed by atoms with Crippen LogP contribution in [0.5, 0.6) is 0 Å². The number of hydrogen-bond acceptors (Lipinski definition) is 23. The molecule has 3 N–H and O–H groups in total. The number of carbonyl (C=O) groups excluding carboxylic acids is 3. The van der Waals surface area contributed by atoms with E-state index in [0.717, 1.165) is 79.8 Å². The van der Waals surface area contributed by atoms with Gasteiger partial charge in [0, 0.05) is 43.4 Å². The smallest absolute Gasteiger partial charge is 0.229 e. The minimum Gasteiger partial charge on any atom is -0.408 e. The topological polar surface area (TPSA) is 265 Å². The number of allylic oxidation sites excluding steroid dienone is 2. The molecular weight excluding hydrogens is 1690 g/mol. The van der Waals surface area contributed by atoms with Crippen molar-refractivity contribution in [2.24, 2.45) is 103 Å². The molecule has 25 heteroatoms. The van der Waals surface area contributed by atoms with Crippen molar-refractivity contribution in [3.8, 4) is 0 Å². The fraction of sp³-hybridized carbons (Fsp3) is 0.785. The number of hydrogen-bond donors (Lipinski definition) is 2. The Morgan fingerprint density at radius 3 is 1.80 bits per heavy atom. The number of rotatable bonds is 34. The van der Waals surface area contributed by atoms with Crippen molar-refractivity contribution in [1.82, 2.24) is 5.32 Å². The third-order valence-corrected chi connectivity index (χ3v) is 40.6. The summed E-state index contributed by atoms with van der Waals surface area (Å²) in [6, 6.07) is 32.6. The van der Waals surface area contributed by atoms with Crippen molar-refractivity contribution in [3.05, 3.63) is 119 Å². The lowest BCUT2D eigenvalue weighted by Crippen LogP contribution is -2.69. The first-order valence-electron chi connectivity index (χ1n) is 50.8. The molecule has 24 nitrogen and oxygen atoms in total. The summed E-state index contributed by atoms with van der Waals surface area (Å²) in [6.07, 6.45) is -3.04. The molecule has 0 aromatic heterocycles. The highest BCUT2D eigenvalue weighted by Gasteiger charge is 2.73. The van der Waals surface area contributed by atoms with Crippen LogP contribution < -0.4 is 11.1 Å². The van der Waals surface area contributed by atoms with Gasteiger partial charge in [0.15, 0.2) is 57.6 Å². The van der Waals surface area contributed by atoms with E-state index in [2.05, 4.69) is 146 Å². The van der Waals surface area contributed by atoms with Crippen molar-refractivity contribution >= 4 is 26.3 Å². The Hall–Kier alpha value is -4.37. The van der Waals surface area contributed by atoms with Gasteiger partial charge in [0.05, 0.1) is 106 Å². The lowest BCUT2D eigenvalue weighted by Gasteiger charge is -2.72. The lowest BCUT2D eigenvalue weighted by molar-refractivity contribution is -0.376. The third kappa shape index (κ3) is 20.0. The Balaban J connectivity index is 0.661. The third-order valence-electron chi connectivity index (χ3n) is 36.0. The molecule has 17 unspecified atom stereocenters. The summed E-state index contributed by atoms with van der Waals surface area (Å²) in [7, 11) is -0.452. The van der Waals surface area contributed by atoms with E-state index in [4.69, 9.17) is 95.4 Å². The number of amides is 1. The molecule has 738 valence electrons. The molecule has 3 aromatic rings. The van der Waals surface area contributed by atoms with Crippen LogP contribution >= 0.6 is 0 Å². The van der Waals surface area contributed by atoms with Crippen LogP contribution in [0.4, 0.5) is 0 Å². The second-order valence-electron chi connectivity index (χ2n) is 44.6. The first kappa shape index (κ1) is 102. The Labute approximate surface area is 789 Å². The quantitative estimate of drug-likeness (QED) is 0.0185. The minimum absolute atomic E-state index is 0.0297. The van der Waals surface area contributed by atoms with Crippen molar-refractivity contribution in [2.45, 2.75) is 396 Å².